The van der Waals surface area contributed by atoms with Crippen LogP contribution in [0.4, 0.5) is 8.78 Å². The minimum Gasteiger partial charge on any atom is -0.306 e. The third-order valence-electron chi connectivity index (χ3n) is 2.42. The molecule has 0 radical (unpaired) electrons. The zero-order valence-corrected chi connectivity index (χ0v) is 9.67. The first kappa shape index (κ1) is 13.5. The fraction of sp³-hybridized carbons (Fsp3) is 0.455. The molecule has 0 aliphatic heterocycles. The average molecular weight is 244 g/mol. The highest BCUT2D eigenvalue weighted by atomic mass is 19.1. The van der Waals surface area contributed by atoms with E-state index >= 15 is 0 Å². The number of benzene rings is 1. The SMILES string of the molecule is CC(C)(CNCc1c(F)cccc1F)[N+](=O)[O-]. The van der Waals surface area contributed by atoms with Crippen molar-refractivity contribution in [1.82, 2.24) is 5.32 Å². The lowest BCUT2D eigenvalue weighted by molar-refractivity contribution is -0.558. The molecule has 0 spiro atoms. The van der Waals surface area contributed by atoms with E-state index in [9.17, 15) is 18.9 Å². The van der Waals surface area contributed by atoms with Crippen molar-refractivity contribution in [3.8, 4) is 0 Å². The second-order valence-corrected chi connectivity index (χ2v) is 4.37. The lowest BCUT2D eigenvalue weighted by Crippen LogP contribution is -2.41. The highest BCUT2D eigenvalue weighted by Gasteiger charge is 2.29. The minimum absolute atomic E-state index is 0.0355. The van der Waals surface area contributed by atoms with Gasteiger partial charge in [0.05, 0.1) is 6.54 Å². The van der Waals surface area contributed by atoms with Crippen molar-refractivity contribution < 1.29 is 13.7 Å². The van der Waals surface area contributed by atoms with Gasteiger partial charge in [-0.3, -0.25) is 10.1 Å². The lowest BCUT2D eigenvalue weighted by Gasteiger charge is -2.16. The molecular formula is C11H14F2N2O2. The molecule has 0 heterocycles. The first-order valence-corrected chi connectivity index (χ1v) is 5.12. The standard InChI is InChI=1S/C11H14F2N2O2/c1-11(2,15(16)17)7-14-6-8-9(12)4-3-5-10(8)13/h3-5,14H,6-7H2,1-2H3. The van der Waals surface area contributed by atoms with Gasteiger partial charge in [-0.25, -0.2) is 8.78 Å². The van der Waals surface area contributed by atoms with Crippen LogP contribution in [0.5, 0.6) is 0 Å². The van der Waals surface area contributed by atoms with Crippen molar-refractivity contribution in [2.75, 3.05) is 6.54 Å². The summed E-state index contributed by atoms with van der Waals surface area (Å²) in [4.78, 5) is 10.2. The highest BCUT2D eigenvalue weighted by Crippen LogP contribution is 2.12. The number of rotatable bonds is 5. The quantitative estimate of drug-likeness (QED) is 0.637. The zero-order chi connectivity index (χ0) is 13.1. The van der Waals surface area contributed by atoms with Crippen molar-refractivity contribution in [1.29, 1.82) is 0 Å². The Bertz CT molecular complexity index is 402. The third-order valence-corrected chi connectivity index (χ3v) is 2.42. The second kappa shape index (κ2) is 5.18. The molecule has 1 aromatic rings. The van der Waals surface area contributed by atoms with Crippen LogP contribution in [0.1, 0.15) is 19.4 Å². The average Bonchev–Trinajstić information content (AvgIpc) is 2.22. The van der Waals surface area contributed by atoms with Crippen molar-refractivity contribution in [3.63, 3.8) is 0 Å². The molecule has 4 nitrogen and oxygen atoms in total. The summed E-state index contributed by atoms with van der Waals surface area (Å²) in [6.45, 7) is 2.85. The molecular weight excluding hydrogens is 230 g/mol. The molecule has 94 valence electrons. The molecule has 1 N–H and O–H groups in total. The maximum absolute atomic E-state index is 13.2. The fourth-order valence-corrected chi connectivity index (χ4v) is 1.26. The van der Waals surface area contributed by atoms with Gasteiger partial charge < -0.3 is 5.32 Å². The van der Waals surface area contributed by atoms with Gasteiger partial charge in [0.1, 0.15) is 11.6 Å². The zero-order valence-electron chi connectivity index (χ0n) is 9.67. The Hall–Kier alpha value is -1.56. The summed E-state index contributed by atoms with van der Waals surface area (Å²) in [5.41, 5.74) is -1.27. The smallest absolute Gasteiger partial charge is 0.229 e. The van der Waals surface area contributed by atoms with Crippen molar-refractivity contribution in [2.45, 2.75) is 25.9 Å². The molecule has 0 aliphatic carbocycles. The minimum atomic E-state index is -1.16. The van der Waals surface area contributed by atoms with E-state index < -0.39 is 22.1 Å². The molecule has 0 bridgehead atoms. The molecule has 0 fully saturated rings. The van der Waals surface area contributed by atoms with Gasteiger partial charge in [0.2, 0.25) is 5.54 Å². The Morgan fingerprint density at radius 3 is 2.35 bits per heavy atom. The van der Waals surface area contributed by atoms with E-state index in [4.69, 9.17) is 0 Å². The van der Waals surface area contributed by atoms with Crippen molar-refractivity contribution >= 4 is 0 Å². The van der Waals surface area contributed by atoms with Crippen LogP contribution in [0.2, 0.25) is 0 Å². The van der Waals surface area contributed by atoms with E-state index in [0.29, 0.717) is 0 Å². The largest absolute Gasteiger partial charge is 0.306 e. The first-order valence-electron chi connectivity index (χ1n) is 5.12. The fourth-order valence-electron chi connectivity index (χ4n) is 1.26. The summed E-state index contributed by atoms with van der Waals surface area (Å²) in [6, 6.07) is 3.58. The van der Waals surface area contributed by atoms with Gasteiger partial charge >= 0.3 is 0 Å². The Morgan fingerprint density at radius 2 is 1.88 bits per heavy atom. The highest BCUT2D eigenvalue weighted by molar-refractivity contribution is 5.19. The molecule has 0 saturated heterocycles. The molecule has 0 aromatic heterocycles. The molecule has 1 aromatic carbocycles. The maximum Gasteiger partial charge on any atom is 0.229 e. The van der Waals surface area contributed by atoms with E-state index in [1.165, 1.54) is 19.9 Å². The number of hydrogen-bond acceptors (Lipinski definition) is 3. The Balaban J connectivity index is 2.60. The Kier molecular flexibility index (Phi) is 4.11. The topological polar surface area (TPSA) is 55.2 Å². The van der Waals surface area contributed by atoms with E-state index in [0.717, 1.165) is 12.1 Å². The third kappa shape index (κ3) is 3.45. The van der Waals surface area contributed by atoms with Crippen LogP contribution < -0.4 is 5.32 Å². The molecule has 0 saturated carbocycles. The number of nitrogens with one attached hydrogen (secondary N) is 1. The van der Waals surface area contributed by atoms with Crippen LogP contribution in [0, 0.1) is 21.7 Å². The van der Waals surface area contributed by atoms with E-state index in [2.05, 4.69) is 5.32 Å². The van der Waals surface area contributed by atoms with Gasteiger partial charge in [0, 0.05) is 30.9 Å². The van der Waals surface area contributed by atoms with Gasteiger partial charge in [-0.2, -0.15) is 0 Å². The lowest BCUT2D eigenvalue weighted by atomic mass is 10.1. The molecule has 0 atom stereocenters. The van der Waals surface area contributed by atoms with E-state index in [1.54, 1.807) is 0 Å². The number of halogens is 2. The molecule has 0 aliphatic rings. The van der Waals surface area contributed by atoms with Gasteiger partial charge in [-0.1, -0.05) is 6.07 Å². The monoisotopic (exact) mass is 244 g/mol. The van der Waals surface area contributed by atoms with Crippen LogP contribution in [-0.2, 0) is 6.54 Å². The van der Waals surface area contributed by atoms with Crippen molar-refractivity contribution in [3.05, 3.63) is 45.5 Å². The predicted octanol–water partition coefficient (Wildman–Crippen LogP) is 2.11. The Morgan fingerprint density at radius 1 is 1.35 bits per heavy atom. The normalized spacial score (nSPS) is 11.5. The molecule has 0 amide bonds. The van der Waals surface area contributed by atoms with E-state index in [1.807, 2.05) is 0 Å². The molecule has 1 rings (SSSR count). The number of nitro groups is 1. The van der Waals surface area contributed by atoms with Gasteiger partial charge in [-0.05, 0) is 12.1 Å². The predicted molar refractivity (Wildman–Crippen MR) is 59.1 cm³/mol. The van der Waals surface area contributed by atoms with Gasteiger partial charge in [0.25, 0.3) is 0 Å². The Labute approximate surface area is 97.8 Å². The summed E-state index contributed by atoms with van der Waals surface area (Å²) >= 11 is 0. The van der Waals surface area contributed by atoms with Crippen molar-refractivity contribution in [2.24, 2.45) is 0 Å². The van der Waals surface area contributed by atoms with Crippen LogP contribution in [0.3, 0.4) is 0 Å². The van der Waals surface area contributed by atoms with Gasteiger partial charge in [-0.15, -0.1) is 0 Å². The molecule has 17 heavy (non-hydrogen) atoms. The van der Waals surface area contributed by atoms with Crippen LogP contribution in [-0.4, -0.2) is 17.0 Å². The number of nitrogens with zero attached hydrogens (tertiary/aromatic N) is 1. The maximum atomic E-state index is 13.2. The summed E-state index contributed by atoms with van der Waals surface area (Å²) in [7, 11) is 0. The van der Waals surface area contributed by atoms with Crippen LogP contribution in [0.25, 0.3) is 0 Å². The molecule has 6 heteroatoms. The summed E-state index contributed by atoms with van der Waals surface area (Å²) in [5.74, 6) is -1.31. The second-order valence-electron chi connectivity index (χ2n) is 4.37. The molecule has 0 unspecified atom stereocenters. The summed E-state index contributed by atoms with van der Waals surface area (Å²) < 4.78 is 26.4. The number of hydrogen-bond donors (Lipinski definition) is 1. The first-order chi connectivity index (χ1) is 7.84. The summed E-state index contributed by atoms with van der Waals surface area (Å²) in [6.07, 6.45) is 0. The van der Waals surface area contributed by atoms with Crippen LogP contribution >= 0.6 is 0 Å². The van der Waals surface area contributed by atoms with Gasteiger partial charge in [0.15, 0.2) is 0 Å². The summed E-state index contributed by atoms with van der Waals surface area (Å²) in [5, 5.41) is 13.3. The van der Waals surface area contributed by atoms with Crippen LogP contribution in [0.15, 0.2) is 18.2 Å². The van der Waals surface area contributed by atoms with E-state index in [-0.39, 0.29) is 18.7 Å².